The molecule has 0 bridgehead atoms. The van der Waals surface area contributed by atoms with Crippen molar-refractivity contribution in [2.75, 3.05) is 0 Å². The smallest absolute Gasteiger partial charge is 0.267 e. The van der Waals surface area contributed by atoms with Crippen molar-refractivity contribution < 1.29 is 9.59 Å². The first kappa shape index (κ1) is 14.5. The van der Waals surface area contributed by atoms with E-state index in [0.717, 1.165) is 5.69 Å². The first-order chi connectivity index (χ1) is 11.2. The van der Waals surface area contributed by atoms with E-state index in [4.69, 9.17) is 0 Å². The van der Waals surface area contributed by atoms with Crippen LogP contribution in [0.25, 0.3) is 5.69 Å². The molecule has 0 spiro atoms. The molecule has 3 aromatic rings. The fourth-order valence-corrected chi connectivity index (χ4v) is 2.01. The third-order valence-corrected chi connectivity index (χ3v) is 3.19. The number of rotatable bonds is 3. The van der Waals surface area contributed by atoms with Crippen molar-refractivity contribution in [2.45, 2.75) is 0 Å². The normalized spacial score (nSPS) is 10.1. The first-order valence-corrected chi connectivity index (χ1v) is 7.00. The number of aromatic nitrogens is 2. The Morgan fingerprint density at radius 2 is 1.35 bits per heavy atom. The van der Waals surface area contributed by atoms with Gasteiger partial charge in [-0.2, -0.15) is 5.10 Å². The third-order valence-electron chi connectivity index (χ3n) is 3.19. The quantitative estimate of drug-likeness (QED) is 0.726. The standard InChI is InChI=1S/C17H14N4O2/c22-16(13-7-3-1-4-8-13)19-20-17(23)14-11-18-21(12-14)15-9-5-2-6-10-15/h1-12H,(H,19,22)(H,20,23). The number of carbonyl (C=O) groups is 2. The van der Waals surface area contributed by atoms with Crippen LogP contribution in [0.3, 0.4) is 0 Å². The molecule has 0 atom stereocenters. The monoisotopic (exact) mass is 306 g/mol. The Morgan fingerprint density at radius 1 is 0.783 bits per heavy atom. The van der Waals surface area contributed by atoms with Crippen LogP contribution in [0.2, 0.25) is 0 Å². The van der Waals surface area contributed by atoms with Crippen LogP contribution in [0.4, 0.5) is 0 Å². The fraction of sp³-hybridized carbons (Fsp3) is 0. The molecule has 2 aromatic carbocycles. The van der Waals surface area contributed by atoms with Gasteiger partial charge in [-0.1, -0.05) is 36.4 Å². The van der Waals surface area contributed by atoms with Crippen molar-refractivity contribution in [1.29, 1.82) is 0 Å². The molecule has 0 unspecified atom stereocenters. The second-order valence-corrected chi connectivity index (χ2v) is 4.78. The van der Waals surface area contributed by atoms with E-state index in [1.54, 1.807) is 35.1 Å². The van der Waals surface area contributed by atoms with Gasteiger partial charge in [0.15, 0.2) is 0 Å². The van der Waals surface area contributed by atoms with Crippen LogP contribution in [0.15, 0.2) is 73.1 Å². The zero-order chi connectivity index (χ0) is 16.1. The van der Waals surface area contributed by atoms with Crippen molar-refractivity contribution in [3.8, 4) is 5.69 Å². The highest BCUT2D eigenvalue weighted by Gasteiger charge is 2.11. The number of nitrogens with one attached hydrogen (secondary N) is 2. The summed E-state index contributed by atoms with van der Waals surface area (Å²) in [6.45, 7) is 0. The molecule has 6 heteroatoms. The van der Waals surface area contributed by atoms with Crippen LogP contribution in [0.5, 0.6) is 0 Å². The van der Waals surface area contributed by atoms with Crippen molar-refractivity contribution in [3.63, 3.8) is 0 Å². The van der Waals surface area contributed by atoms with Gasteiger partial charge in [0.1, 0.15) is 0 Å². The molecular formula is C17H14N4O2. The number of carbonyl (C=O) groups excluding carboxylic acids is 2. The molecule has 114 valence electrons. The molecule has 3 rings (SSSR count). The Labute approximate surface area is 132 Å². The maximum Gasteiger partial charge on any atom is 0.272 e. The van der Waals surface area contributed by atoms with E-state index in [2.05, 4.69) is 16.0 Å². The van der Waals surface area contributed by atoms with Gasteiger partial charge in [0, 0.05) is 11.8 Å². The Hall–Kier alpha value is -3.41. The minimum atomic E-state index is -0.434. The van der Waals surface area contributed by atoms with E-state index in [-0.39, 0.29) is 5.91 Å². The molecule has 0 saturated heterocycles. The second-order valence-electron chi connectivity index (χ2n) is 4.78. The van der Waals surface area contributed by atoms with Gasteiger partial charge in [-0.25, -0.2) is 4.68 Å². The van der Waals surface area contributed by atoms with Gasteiger partial charge in [0.05, 0.1) is 17.4 Å². The zero-order valence-corrected chi connectivity index (χ0v) is 12.1. The zero-order valence-electron chi connectivity index (χ0n) is 12.1. The van der Waals surface area contributed by atoms with Crippen LogP contribution in [0.1, 0.15) is 20.7 Å². The number of hydrazine groups is 1. The van der Waals surface area contributed by atoms with Crippen LogP contribution in [-0.4, -0.2) is 21.6 Å². The maximum atomic E-state index is 12.0. The molecule has 1 aromatic heterocycles. The highest BCUT2D eigenvalue weighted by atomic mass is 16.2. The van der Waals surface area contributed by atoms with E-state index in [1.807, 2.05) is 36.4 Å². The van der Waals surface area contributed by atoms with Gasteiger partial charge in [0.25, 0.3) is 11.8 Å². The molecule has 23 heavy (non-hydrogen) atoms. The van der Waals surface area contributed by atoms with Gasteiger partial charge < -0.3 is 0 Å². The first-order valence-electron chi connectivity index (χ1n) is 7.00. The number of benzene rings is 2. The number of amides is 2. The number of nitrogens with zero attached hydrogens (tertiary/aromatic N) is 2. The van der Waals surface area contributed by atoms with Crippen LogP contribution >= 0.6 is 0 Å². The van der Waals surface area contributed by atoms with Gasteiger partial charge in [-0.15, -0.1) is 0 Å². The molecule has 2 N–H and O–H groups in total. The summed E-state index contributed by atoms with van der Waals surface area (Å²) in [6.07, 6.45) is 3.04. The van der Waals surface area contributed by atoms with Gasteiger partial charge >= 0.3 is 0 Å². The summed E-state index contributed by atoms with van der Waals surface area (Å²) < 4.78 is 1.59. The SMILES string of the molecule is O=C(NNC(=O)c1cnn(-c2ccccc2)c1)c1ccccc1. The fourth-order valence-electron chi connectivity index (χ4n) is 2.01. The minimum absolute atomic E-state index is 0.349. The lowest BCUT2D eigenvalue weighted by Gasteiger charge is -2.05. The topological polar surface area (TPSA) is 76.0 Å². The summed E-state index contributed by atoms with van der Waals surface area (Å²) >= 11 is 0. The van der Waals surface area contributed by atoms with E-state index in [1.165, 1.54) is 6.20 Å². The lowest BCUT2D eigenvalue weighted by Crippen LogP contribution is -2.41. The van der Waals surface area contributed by atoms with E-state index >= 15 is 0 Å². The van der Waals surface area contributed by atoms with Crippen molar-refractivity contribution in [1.82, 2.24) is 20.6 Å². The summed E-state index contributed by atoms with van der Waals surface area (Å²) in [5.74, 6) is -0.814. The summed E-state index contributed by atoms with van der Waals surface area (Å²) in [5.41, 5.74) is 6.40. The summed E-state index contributed by atoms with van der Waals surface area (Å²) in [5, 5.41) is 4.14. The van der Waals surface area contributed by atoms with E-state index in [9.17, 15) is 9.59 Å². The van der Waals surface area contributed by atoms with E-state index in [0.29, 0.717) is 11.1 Å². The van der Waals surface area contributed by atoms with Gasteiger partial charge in [-0.3, -0.25) is 20.4 Å². The molecule has 6 nitrogen and oxygen atoms in total. The second kappa shape index (κ2) is 6.57. The van der Waals surface area contributed by atoms with Crippen LogP contribution in [-0.2, 0) is 0 Å². The molecular weight excluding hydrogens is 292 g/mol. The van der Waals surface area contributed by atoms with Crippen molar-refractivity contribution >= 4 is 11.8 Å². The van der Waals surface area contributed by atoms with Crippen molar-refractivity contribution in [2.24, 2.45) is 0 Å². The third kappa shape index (κ3) is 3.44. The molecule has 1 heterocycles. The maximum absolute atomic E-state index is 12.0. The minimum Gasteiger partial charge on any atom is -0.267 e. The molecule has 0 fully saturated rings. The number of hydrogen-bond acceptors (Lipinski definition) is 3. The molecule has 0 aliphatic rings. The predicted molar refractivity (Wildman–Crippen MR) is 84.9 cm³/mol. The Bertz CT molecular complexity index is 813. The summed E-state index contributed by atoms with van der Waals surface area (Å²) in [4.78, 5) is 23.9. The van der Waals surface area contributed by atoms with Crippen molar-refractivity contribution in [3.05, 3.63) is 84.2 Å². The Kier molecular flexibility index (Phi) is 4.15. The molecule has 0 aliphatic carbocycles. The lowest BCUT2D eigenvalue weighted by atomic mass is 10.2. The molecule has 2 amide bonds. The van der Waals surface area contributed by atoms with Gasteiger partial charge in [0.2, 0.25) is 0 Å². The molecule has 0 aliphatic heterocycles. The largest absolute Gasteiger partial charge is 0.272 e. The lowest BCUT2D eigenvalue weighted by molar-refractivity contribution is 0.0846. The Balaban J connectivity index is 1.63. The Morgan fingerprint density at radius 3 is 2.00 bits per heavy atom. The summed E-state index contributed by atoms with van der Waals surface area (Å²) in [7, 11) is 0. The molecule has 0 saturated carbocycles. The van der Waals surface area contributed by atoms with E-state index < -0.39 is 5.91 Å². The average Bonchev–Trinajstić information content (AvgIpc) is 3.11. The highest BCUT2D eigenvalue weighted by molar-refractivity contribution is 5.98. The predicted octanol–water partition coefficient (Wildman–Crippen LogP) is 1.95. The van der Waals surface area contributed by atoms with Crippen LogP contribution in [0, 0.1) is 0 Å². The van der Waals surface area contributed by atoms with Crippen LogP contribution < -0.4 is 10.9 Å². The van der Waals surface area contributed by atoms with Gasteiger partial charge in [-0.05, 0) is 24.3 Å². The number of para-hydroxylation sites is 1. The average molecular weight is 306 g/mol. The summed E-state index contributed by atoms with van der Waals surface area (Å²) in [6, 6.07) is 18.1. The molecule has 0 radical (unpaired) electrons. The highest BCUT2D eigenvalue weighted by Crippen LogP contribution is 2.07. The number of hydrogen-bond donors (Lipinski definition) is 2.